The second-order valence-corrected chi connectivity index (χ2v) is 9.27. The highest BCUT2D eigenvalue weighted by Gasteiger charge is 2.23. The topological polar surface area (TPSA) is 67.8 Å². The smallest absolute Gasteiger partial charge is 0.260 e. The zero-order valence-corrected chi connectivity index (χ0v) is 20.9. The normalized spacial score (nSPS) is 13.6. The van der Waals surface area contributed by atoms with E-state index >= 15 is 0 Å². The van der Waals surface area contributed by atoms with E-state index in [1.807, 2.05) is 36.4 Å². The maximum Gasteiger partial charge on any atom is 0.260 e. The number of piperazine rings is 1. The Balaban J connectivity index is 1.25. The largest absolute Gasteiger partial charge is 0.497 e. The van der Waals surface area contributed by atoms with E-state index < -0.39 is 0 Å². The summed E-state index contributed by atoms with van der Waals surface area (Å²) < 4.78 is 10.8. The molecule has 0 spiro atoms. The summed E-state index contributed by atoms with van der Waals surface area (Å²) in [5, 5.41) is 1.65. The Morgan fingerprint density at radius 1 is 1.06 bits per heavy atom. The fourth-order valence-corrected chi connectivity index (χ4v) is 4.70. The first kappa shape index (κ1) is 24.4. The lowest BCUT2D eigenvalue weighted by molar-refractivity contribution is -0.133. The molecular formula is C24H24Cl2N4O3S. The van der Waals surface area contributed by atoms with Crippen LogP contribution in [-0.4, -0.2) is 60.7 Å². The molecule has 4 rings (SSSR count). The monoisotopic (exact) mass is 518 g/mol. The van der Waals surface area contributed by atoms with Gasteiger partial charge in [-0.25, -0.2) is 4.98 Å². The van der Waals surface area contributed by atoms with Crippen molar-refractivity contribution in [2.24, 2.45) is 0 Å². The predicted octanol–water partition coefficient (Wildman–Crippen LogP) is 4.81. The Hall–Kier alpha value is -2.68. The van der Waals surface area contributed by atoms with Crippen LogP contribution in [0.5, 0.6) is 11.6 Å². The molecule has 0 atom stereocenters. The Morgan fingerprint density at radius 3 is 2.56 bits per heavy atom. The zero-order valence-electron chi connectivity index (χ0n) is 18.6. The molecule has 0 aliphatic carbocycles. The van der Waals surface area contributed by atoms with Crippen LogP contribution in [0.25, 0.3) is 0 Å². The number of hydrogen-bond acceptors (Lipinski definition) is 7. The van der Waals surface area contributed by atoms with Crippen LogP contribution in [0.1, 0.15) is 5.56 Å². The molecule has 0 bridgehead atoms. The van der Waals surface area contributed by atoms with E-state index in [9.17, 15) is 4.79 Å². The first-order valence-corrected chi connectivity index (χ1v) is 12.5. The average Bonchev–Trinajstić information content (AvgIpc) is 2.88. The van der Waals surface area contributed by atoms with E-state index in [2.05, 4.69) is 14.9 Å². The van der Waals surface area contributed by atoms with Crippen molar-refractivity contribution in [1.82, 2.24) is 14.9 Å². The number of methoxy groups -OCH3 is 1. The zero-order chi connectivity index (χ0) is 23.9. The number of carbonyl (C=O) groups is 1. The van der Waals surface area contributed by atoms with E-state index in [0.29, 0.717) is 53.0 Å². The second kappa shape index (κ2) is 11.6. The van der Waals surface area contributed by atoms with Gasteiger partial charge in [0.1, 0.15) is 5.75 Å². The molecule has 1 aromatic heterocycles. The van der Waals surface area contributed by atoms with Gasteiger partial charge in [-0.15, -0.1) is 0 Å². The molecular weight excluding hydrogens is 495 g/mol. The summed E-state index contributed by atoms with van der Waals surface area (Å²) in [7, 11) is 1.64. The van der Waals surface area contributed by atoms with Crippen molar-refractivity contribution in [3.8, 4) is 11.6 Å². The number of amides is 1. The molecule has 0 unspecified atom stereocenters. The summed E-state index contributed by atoms with van der Waals surface area (Å²) in [6.07, 6.45) is 1.64. The Labute approximate surface area is 213 Å². The maximum atomic E-state index is 12.7. The van der Waals surface area contributed by atoms with E-state index in [0.717, 1.165) is 17.0 Å². The van der Waals surface area contributed by atoms with Crippen LogP contribution in [0.2, 0.25) is 10.0 Å². The minimum absolute atomic E-state index is 0.0719. The maximum absolute atomic E-state index is 12.7. The van der Waals surface area contributed by atoms with E-state index in [4.69, 9.17) is 32.7 Å². The lowest BCUT2D eigenvalue weighted by atomic mass is 10.2. The van der Waals surface area contributed by atoms with Gasteiger partial charge in [0.2, 0.25) is 5.88 Å². The van der Waals surface area contributed by atoms with Crippen molar-refractivity contribution < 1.29 is 14.3 Å². The Bertz CT molecular complexity index is 1130. The third-order valence-electron chi connectivity index (χ3n) is 5.38. The number of anilines is 1. The lowest BCUT2D eigenvalue weighted by Gasteiger charge is -2.36. The van der Waals surface area contributed by atoms with E-state index in [1.54, 1.807) is 30.3 Å². The number of nitrogens with zero attached hydrogens (tertiary/aromatic N) is 4. The van der Waals surface area contributed by atoms with Gasteiger partial charge in [-0.1, -0.05) is 53.2 Å². The number of aromatic nitrogens is 2. The number of thioether (sulfide) groups is 1. The number of carbonyl (C=O) groups excluding carboxylic acids is 1. The van der Waals surface area contributed by atoms with Gasteiger partial charge in [-0.05, 0) is 29.8 Å². The number of halogens is 2. The van der Waals surface area contributed by atoms with Crippen molar-refractivity contribution >= 4 is 46.6 Å². The molecule has 1 aliphatic rings. The van der Waals surface area contributed by atoms with E-state index in [1.165, 1.54) is 11.8 Å². The summed E-state index contributed by atoms with van der Waals surface area (Å²) in [5.74, 6) is 1.83. The highest BCUT2D eigenvalue weighted by atomic mass is 35.5. The Kier molecular flexibility index (Phi) is 8.37. The SMILES string of the molecule is COc1ccc(CSc2nccc(OCC(=O)N3CCN(c4cccc(Cl)c4Cl)CC3)n2)cc1. The van der Waals surface area contributed by atoms with Gasteiger partial charge in [0.05, 0.1) is 22.8 Å². The van der Waals surface area contributed by atoms with Crippen molar-refractivity contribution in [3.05, 3.63) is 70.3 Å². The molecule has 0 saturated carbocycles. The van der Waals surface area contributed by atoms with Gasteiger partial charge in [0.25, 0.3) is 5.91 Å². The van der Waals surface area contributed by atoms with Gasteiger partial charge in [-0.2, -0.15) is 4.98 Å². The number of ether oxygens (including phenoxy) is 2. The molecule has 2 heterocycles. The summed E-state index contributed by atoms with van der Waals surface area (Å²) in [4.78, 5) is 25.3. The second-order valence-electron chi connectivity index (χ2n) is 7.54. The number of rotatable bonds is 8. The standard InChI is InChI=1S/C24H24Cl2N4O3S/c1-32-18-7-5-17(6-8-18)16-34-24-27-10-9-21(28-24)33-15-22(31)30-13-11-29(12-14-30)20-4-2-3-19(25)23(20)26/h2-10H,11-16H2,1H3. The first-order valence-electron chi connectivity index (χ1n) is 10.7. The van der Waals surface area contributed by atoms with Gasteiger partial charge in [-0.3, -0.25) is 4.79 Å². The summed E-state index contributed by atoms with van der Waals surface area (Å²) in [6.45, 7) is 2.43. The van der Waals surface area contributed by atoms with Gasteiger partial charge in [0.15, 0.2) is 11.8 Å². The van der Waals surface area contributed by atoms with Crippen LogP contribution in [0.3, 0.4) is 0 Å². The molecule has 0 radical (unpaired) electrons. The number of benzene rings is 2. The summed E-state index contributed by atoms with van der Waals surface area (Å²) in [5.41, 5.74) is 2.02. The van der Waals surface area contributed by atoms with Crippen molar-refractivity contribution in [3.63, 3.8) is 0 Å². The highest BCUT2D eigenvalue weighted by molar-refractivity contribution is 7.98. The molecule has 0 N–H and O–H groups in total. The molecule has 1 saturated heterocycles. The molecule has 10 heteroatoms. The van der Waals surface area contributed by atoms with Crippen LogP contribution in [0.15, 0.2) is 59.9 Å². The van der Waals surface area contributed by atoms with Crippen LogP contribution >= 0.6 is 35.0 Å². The summed E-state index contributed by atoms with van der Waals surface area (Å²) >= 11 is 14.0. The quantitative estimate of drug-likeness (QED) is 0.313. The molecule has 3 aromatic rings. The van der Waals surface area contributed by atoms with Crippen LogP contribution in [0, 0.1) is 0 Å². The van der Waals surface area contributed by atoms with Crippen LogP contribution < -0.4 is 14.4 Å². The van der Waals surface area contributed by atoms with Crippen LogP contribution in [0.4, 0.5) is 5.69 Å². The minimum atomic E-state index is -0.0807. The fourth-order valence-electron chi connectivity index (χ4n) is 3.51. The lowest BCUT2D eigenvalue weighted by Crippen LogP contribution is -2.50. The molecule has 1 amide bonds. The molecule has 2 aromatic carbocycles. The van der Waals surface area contributed by atoms with Crippen molar-refractivity contribution in [2.75, 3.05) is 44.8 Å². The highest BCUT2D eigenvalue weighted by Crippen LogP contribution is 2.33. The van der Waals surface area contributed by atoms with Crippen molar-refractivity contribution in [1.29, 1.82) is 0 Å². The molecule has 1 aliphatic heterocycles. The third kappa shape index (κ3) is 6.25. The fraction of sp³-hybridized carbons (Fsp3) is 0.292. The first-order chi connectivity index (χ1) is 16.5. The molecule has 7 nitrogen and oxygen atoms in total. The van der Waals surface area contributed by atoms with Gasteiger partial charge in [0, 0.05) is 44.2 Å². The van der Waals surface area contributed by atoms with Gasteiger partial charge >= 0.3 is 0 Å². The average molecular weight is 519 g/mol. The minimum Gasteiger partial charge on any atom is -0.497 e. The van der Waals surface area contributed by atoms with Crippen LogP contribution in [-0.2, 0) is 10.5 Å². The molecule has 34 heavy (non-hydrogen) atoms. The van der Waals surface area contributed by atoms with Crippen molar-refractivity contribution in [2.45, 2.75) is 10.9 Å². The summed E-state index contributed by atoms with van der Waals surface area (Å²) in [6, 6.07) is 15.1. The third-order valence-corrected chi connectivity index (χ3v) is 7.12. The molecule has 1 fully saturated rings. The van der Waals surface area contributed by atoms with Gasteiger partial charge < -0.3 is 19.3 Å². The Morgan fingerprint density at radius 2 is 1.82 bits per heavy atom. The predicted molar refractivity (Wildman–Crippen MR) is 135 cm³/mol. The number of hydrogen-bond donors (Lipinski definition) is 0. The molecule has 178 valence electrons. The van der Waals surface area contributed by atoms with E-state index in [-0.39, 0.29) is 12.5 Å².